The van der Waals surface area contributed by atoms with Gasteiger partial charge >= 0.3 is 0 Å². The van der Waals surface area contributed by atoms with Crippen molar-refractivity contribution in [3.8, 4) is 0 Å². The summed E-state index contributed by atoms with van der Waals surface area (Å²) in [4.78, 5) is 12.0. The Labute approximate surface area is 138 Å². The van der Waals surface area contributed by atoms with Gasteiger partial charge in [-0.05, 0) is 28.8 Å². The van der Waals surface area contributed by atoms with Gasteiger partial charge in [-0.25, -0.2) is 0 Å². The van der Waals surface area contributed by atoms with Gasteiger partial charge in [0.25, 0.3) is 0 Å². The summed E-state index contributed by atoms with van der Waals surface area (Å²) in [5.74, 6) is -0.120. The maximum Gasteiger partial charge on any atom is 0.246 e. The zero-order valence-electron chi connectivity index (χ0n) is 13.8. The van der Waals surface area contributed by atoms with Gasteiger partial charge < -0.3 is 15.8 Å². The summed E-state index contributed by atoms with van der Waals surface area (Å²) in [6.45, 7) is 3.22. The van der Waals surface area contributed by atoms with Crippen molar-refractivity contribution in [1.29, 1.82) is 0 Å². The van der Waals surface area contributed by atoms with Crippen LogP contribution in [0.1, 0.15) is 37.8 Å². The molecule has 2 rings (SSSR count). The maximum absolute atomic E-state index is 12.0. The number of rotatable bonds is 9. The van der Waals surface area contributed by atoms with Crippen molar-refractivity contribution in [2.24, 2.45) is 5.73 Å². The minimum Gasteiger partial charge on any atom is -0.372 e. The molecule has 0 saturated carbocycles. The molecule has 4 nitrogen and oxygen atoms in total. The van der Waals surface area contributed by atoms with Gasteiger partial charge in [0.05, 0.1) is 6.04 Å². The lowest BCUT2D eigenvalue weighted by Crippen LogP contribution is -2.35. The smallest absolute Gasteiger partial charge is 0.246 e. The Morgan fingerprint density at radius 3 is 2.70 bits per heavy atom. The number of carbonyl (C=O) groups is 1. The Hall–Kier alpha value is -1.91. The van der Waals surface area contributed by atoms with E-state index in [4.69, 9.17) is 10.5 Å². The van der Waals surface area contributed by atoms with Crippen LogP contribution < -0.4 is 11.1 Å². The number of ether oxygens (including phenoxy) is 1. The van der Waals surface area contributed by atoms with Gasteiger partial charge in [-0.1, -0.05) is 56.2 Å². The molecule has 0 saturated heterocycles. The molecule has 1 unspecified atom stereocenters. The maximum atomic E-state index is 12.0. The third-order valence-corrected chi connectivity index (χ3v) is 3.87. The molecule has 4 heteroatoms. The predicted octanol–water partition coefficient (Wildman–Crippen LogP) is 3.16. The average molecular weight is 314 g/mol. The molecule has 0 spiro atoms. The second kappa shape index (κ2) is 9.28. The van der Waals surface area contributed by atoms with Crippen LogP contribution in [-0.2, 0) is 9.53 Å². The van der Waals surface area contributed by atoms with E-state index in [1.165, 1.54) is 5.39 Å². The fourth-order valence-electron chi connectivity index (χ4n) is 2.56. The largest absolute Gasteiger partial charge is 0.372 e. The molecule has 3 N–H and O–H groups in total. The lowest BCUT2D eigenvalue weighted by atomic mass is 10.0. The molecular formula is C19H26N2O2. The Morgan fingerprint density at radius 1 is 1.17 bits per heavy atom. The van der Waals surface area contributed by atoms with Crippen molar-refractivity contribution < 1.29 is 9.53 Å². The van der Waals surface area contributed by atoms with Crippen molar-refractivity contribution in [3.63, 3.8) is 0 Å². The van der Waals surface area contributed by atoms with E-state index in [0.29, 0.717) is 13.2 Å². The molecule has 2 aromatic rings. The zero-order valence-corrected chi connectivity index (χ0v) is 13.8. The molecule has 0 aliphatic carbocycles. The van der Waals surface area contributed by atoms with E-state index in [1.807, 2.05) is 18.2 Å². The van der Waals surface area contributed by atoms with E-state index >= 15 is 0 Å². The first-order valence-corrected chi connectivity index (χ1v) is 8.30. The molecule has 0 aliphatic rings. The molecule has 0 radical (unpaired) electrons. The number of unbranched alkanes of at least 4 members (excludes halogenated alkanes) is 2. The first kappa shape index (κ1) is 17.4. The van der Waals surface area contributed by atoms with Gasteiger partial charge in [0.1, 0.15) is 6.61 Å². The van der Waals surface area contributed by atoms with E-state index in [1.54, 1.807) is 0 Å². The summed E-state index contributed by atoms with van der Waals surface area (Å²) < 4.78 is 5.40. The second-order valence-electron chi connectivity index (χ2n) is 5.72. The zero-order chi connectivity index (χ0) is 16.5. The van der Waals surface area contributed by atoms with Gasteiger partial charge in [-0.3, -0.25) is 4.79 Å². The molecule has 0 aliphatic heterocycles. The fourth-order valence-corrected chi connectivity index (χ4v) is 2.56. The van der Waals surface area contributed by atoms with Crippen LogP contribution in [0.2, 0.25) is 0 Å². The Kier molecular flexibility index (Phi) is 7.04. The number of hydrogen-bond donors (Lipinski definition) is 2. The first-order chi connectivity index (χ1) is 11.2. The van der Waals surface area contributed by atoms with Crippen molar-refractivity contribution in [1.82, 2.24) is 5.32 Å². The molecule has 0 heterocycles. The lowest BCUT2D eigenvalue weighted by Gasteiger charge is -2.18. The van der Waals surface area contributed by atoms with E-state index in [9.17, 15) is 4.79 Å². The molecule has 0 aromatic heterocycles. The van der Waals surface area contributed by atoms with Crippen molar-refractivity contribution in [2.75, 3.05) is 19.8 Å². The molecule has 0 fully saturated rings. The summed E-state index contributed by atoms with van der Waals surface area (Å²) in [7, 11) is 0. The Bertz CT molecular complexity index is 628. The summed E-state index contributed by atoms with van der Waals surface area (Å²) >= 11 is 0. The SMILES string of the molecule is CCCCCOCC(=O)NC(CN)c1ccc2ccccc2c1. The summed E-state index contributed by atoms with van der Waals surface area (Å²) in [5.41, 5.74) is 6.86. The second-order valence-corrected chi connectivity index (χ2v) is 5.72. The summed E-state index contributed by atoms with van der Waals surface area (Å²) in [5, 5.41) is 5.27. The van der Waals surface area contributed by atoms with E-state index in [2.05, 4.69) is 36.5 Å². The first-order valence-electron chi connectivity index (χ1n) is 8.30. The molecule has 1 atom stereocenters. The van der Waals surface area contributed by atoms with Crippen LogP contribution in [0.3, 0.4) is 0 Å². The number of hydrogen-bond acceptors (Lipinski definition) is 3. The van der Waals surface area contributed by atoms with Crippen LogP contribution in [0.15, 0.2) is 42.5 Å². The highest BCUT2D eigenvalue weighted by atomic mass is 16.5. The molecule has 0 bridgehead atoms. The summed E-state index contributed by atoms with van der Waals surface area (Å²) in [6, 6.07) is 14.1. The minimum atomic E-state index is -0.189. The third-order valence-electron chi connectivity index (χ3n) is 3.87. The number of benzene rings is 2. The summed E-state index contributed by atoms with van der Waals surface area (Å²) in [6.07, 6.45) is 3.27. The number of amides is 1. The van der Waals surface area contributed by atoms with Crippen LogP contribution in [0.4, 0.5) is 0 Å². The topological polar surface area (TPSA) is 64.3 Å². The molecule has 23 heavy (non-hydrogen) atoms. The minimum absolute atomic E-state index is 0.0911. The fraction of sp³-hybridized carbons (Fsp3) is 0.421. The van der Waals surface area contributed by atoms with Crippen LogP contribution in [-0.4, -0.2) is 25.7 Å². The number of nitrogens with two attached hydrogens (primary N) is 1. The molecular weight excluding hydrogens is 288 g/mol. The average Bonchev–Trinajstić information content (AvgIpc) is 2.59. The van der Waals surface area contributed by atoms with Gasteiger partial charge in [-0.2, -0.15) is 0 Å². The van der Waals surface area contributed by atoms with Crippen molar-refractivity contribution in [2.45, 2.75) is 32.2 Å². The number of fused-ring (bicyclic) bond motifs is 1. The number of carbonyl (C=O) groups excluding carboxylic acids is 1. The molecule has 124 valence electrons. The van der Waals surface area contributed by atoms with Crippen LogP contribution in [0.5, 0.6) is 0 Å². The van der Waals surface area contributed by atoms with Crippen LogP contribution in [0, 0.1) is 0 Å². The quantitative estimate of drug-likeness (QED) is 0.699. The van der Waals surface area contributed by atoms with E-state index in [0.717, 1.165) is 30.2 Å². The van der Waals surface area contributed by atoms with Crippen molar-refractivity contribution >= 4 is 16.7 Å². The highest BCUT2D eigenvalue weighted by Crippen LogP contribution is 2.20. The Morgan fingerprint density at radius 2 is 1.96 bits per heavy atom. The van der Waals surface area contributed by atoms with Gasteiger partial charge in [-0.15, -0.1) is 0 Å². The van der Waals surface area contributed by atoms with Gasteiger partial charge in [0.15, 0.2) is 0 Å². The van der Waals surface area contributed by atoms with Crippen LogP contribution >= 0.6 is 0 Å². The normalized spacial score (nSPS) is 12.3. The molecule has 1 amide bonds. The van der Waals surface area contributed by atoms with Crippen LogP contribution in [0.25, 0.3) is 10.8 Å². The Balaban J connectivity index is 1.91. The van der Waals surface area contributed by atoms with Gasteiger partial charge in [0.2, 0.25) is 5.91 Å². The monoisotopic (exact) mass is 314 g/mol. The van der Waals surface area contributed by atoms with E-state index < -0.39 is 0 Å². The van der Waals surface area contributed by atoms with Gasteiger partial charge in [0, 0.05) is 13.2 Å². The number of nitrogens with one attached hydrogen (secondary N) is 1. The standard InChI is InChI=1S/C19H26N2O2/c1-2-3-6-11-23-14-19(22)21-18(13-20)17-10-9-15-7-4-5-8-16(15)12-17/h4-5,7-10,12,18H,2-3,6,11,13-14,20H2,1H3,(H,21,22). The molecule has 2 aromatic carbocycles. The van der Waals surface area contributed by atoms with E-state index in [-0.39, 0.29) is 18.6 Å². The van der Waals surface area contributed by atoms with Crippen molar-refractivity contribution in [3.05, 3.63) is 48.0 Å². The highest BCUT2D eigenvalue weighted by molar-refractivity contribution is 5.83. The predicted molar refractivity (Wildman–Crippen MR) is 94.2 cm³/mol. The third kappa shape index (κ3) is 5.34. The lowest BCUT2D eigenvalue weighted by molar-refractivity contribution is -0.126. The highest BCUT2D eigenvalue weighted by Gasteiger charge is 2.13.